The van der Waals surface area contributed by atoms with Gasteiger partial charge in [-0.05, 0) is 37.1 Å². The highest BCUT2D eigenvalue weighted by Gasteiger charge is 2.08. The molecule has 0 heterocycles. The first-order valence-electron chi connectivity index (χ1n) is 8.77. The number of hydrogen-bond acceptors (Lipinski definition) is 2. The Morgan fingerprint density at radius 1 is 1.19 bits per heavy atom. The van der Waals surface area contributed by atoms with Gasteiger partial charge in [-0.25, -0.2) is 0 Å². The van der Waals surface area contributed by atoms with E-state index in [4.69, 9.17) is 11.6 Å². The average molecular weight is 392 g/mol. The Bertz CT molecular complexity index is 737. The van der Waals surface area contributed by atoms with Crippen molar-refractivity contribution in [2.45, 2.75) is 25.6 Å². The van der Waals surface area contributed by atoms with Crippen molar-refractivity contribution >= 4 is 28.4 Å². The van der Waals surface area contributed by atoms with Gasteiger partial charge in [-0.1, -0.05) is 54.1 Å². The summed E-state index contributed by atoms with van der Waals surface area (Å²) in [7, 11) is -0.923. The van der Waals surface area contributed by atoms with Crippen molar-refractivity contribution < 1.29 is 4.21 Å². The summed E-state index contributed by atoms with van der Waals surface area (Å²) in [5.41, 5.74) is 2.19. The number of rotatable bonds is 8. The van der Waals surface area contributed by atoms with Crippen LogP contribution in [0.3, 0.4) is 0 Å². The molecule has 2 atom stereocenters. The van der Waals surface area contributed by atoms with Crippen molar-refractivity contribution in [3.05, 3.63) is 70.7 Å². The minimum Gasteiger partial charge on any atom is -0.357 e. The molecular formula is C20H26ClN3OS. The van der Waals surface area contributed by atoms with Crippen LogP contribution in [0.1, 0.15) is 31.0 Å². The van der Waals surface area contributed by atoms with Gasteiger partial charge in [-0.3, -0.25) is 9.20 Å². The van der Waals surface area contributed by atoms with Crippen LogP contribution in [0.25, 0.3) is 0 Å². The molecule has 0 fully saturated rings. The van der Waals surface area contributed by atoms with E-state index in [9.17, 15) is 4.21 Å². The lowest BCUT2D eigenvalue weighted by Gasteiger charge is -2.18. The molecule has 0 bridgehead atoms. The molecule has 0 aliphatic carbocycles. The summed E-state index contributed by atoms with van der Waals surface area (Å²) < 4.78 is 12.2. The summed E-state index contributed by atoms with van der Waals surface area (Å²) in [6.07, 6.45) is 0. The lowest BCUT2D eigenvalue weighted by atomic mass is 10.1. The van der Waals surface area contributed by atoms with Crippen molar-refractivity contribution in [2.24, 2.45) is 4.99 Å². The molecule has 2 rings (SSSR count). The Labute approximate surface area is 163 Å². The Morgan fingerprint density at radius 2 is 1.96 bits per heavy atom. The van der Waals surface area contributed by atoms with Crippen LogP contribution in [-0.2, 0) is 16.6 Å². The maximum absolute atomic E-state index is 12.2. The van der Waals surface area contributed by atoms with Gasteiger partial charge in [-0.15, -0.1) is 0 Å². The van der Waals surface area contributed by atoms with Crippen LogP contribution in [0.4, 0.5) is 0 Å². The van der Waals surface area contributed by atoms with Crippen LogP contribution in [0.5, 0.6) is 0 Å². The van der Waals surface area contributed by atoms with E-state index in [1.807, 2.05) is 61.5 Å². The quantitative estimate of drug-likeness (QED) is 0.530. The van der Waals surface area contributed by atoms with Crippen LogP contribution in [0.2, 0.25) is 5.02 Å². The normalized spacial score (nSPS) is 13.9. The van der Waals surface area contributed by atoms with Crippen LogP contribution in [-0.4, -0.2) is 29.0 Å². The molecule has 26 heavy (non-hydrogen) atoms. The second kappa shape index (κ2) is 11.0. The van der Waals surface area contributed by atoms with Crippen LogP contribution in [0.15, 0.2) is 59.6 Å². The molecule has 2 aromatic rings. The number of halogens is 1. The SMILES string of the molecule is CCNC(=NCCS(=O)Cc1ccccc1)NC(C)c1cccc(Cl)c1. The number of nitrogens with one attached hydrogen (secondary N) is 2. The number of aliphatic imine (C=N–C) groups is 1. The van der Waals surface area contributed by atoms with E-state index >= 15 is 0 Å². The molecule has 6 heteroatoms. The van der Waals surface area contributed by atoms with Crippen molar-refractivity contribution in [3.8, 4) is 0 Å². The number of guanidine groups is 1. The summed E-state index contributed by atoms with van der Waals surface area (Å²) >= 11 is 6.06. The lowest BCUT2D eigenvalue weighted by molar-refractivity contribution is 0.679. The predicted molar refractivity (Wildman–Crippen MR) is 112 cm³/mol. The average Bonchev–Trinajstić information content (AvgIpc) is 2.62. The van der Waals surface area contributed by atoms with Gasteiger partial charge in [0.15, 0.2) is 5.96 Å². The summed E-state index contributed by atoms with van der Waals surface area (Å²) in [4.78, 5) is 4.55. The number of hydrogen-bond donors (Lipinski definition) is 2. The van der Waals surface area contributed by atoms with E-state index in [1.165, 1.54) is 0 Å². The maximum Gasteiger partial charge on any atom is 0.191 e. The largest absolute Gasteiger partial charge is 0.357 e. The second-order valence-corrected chi connectivity index (χ2v) is 7.97. The standard InChI is InChI=1S/C20H26ClN3OS/c1-3-22-20(24-16(2)18-10-7-11-19(21)14-18)23-12-13-26(25)15-17-8-5-4-6-9-17/h4-11,14,16H,3,12-13,15H2,1-2H3,(H2,22,23,24). The minimum absolute atomic E-state index is 0.0707. The van der Waals surface area contributed by atoms with Gasteiger partial charge in [0.1, 0.15) is 0 Å². The highest BCUT2D eigenvalue weighted by atomic mass is 35.5. The molecule has 0 aliphatic heterocycles. The van der Waals surface area contributed by atoms with Gasteiger partial charge >= 0.3 is 0 Å². The zero-order valence-corrected chi connectivity index (χ0v) is 16.8. The molecule has 2 N–H and O–H groups in total. The van der Waals surface area contributed by atoms with E-state index < -0.39 is 10.8 Å². The zero-order chi connectivity index (χ0) is 18.8. The molecule has 4 nitrogen and oxygen atoms in total. The van der Waals surface area contributed by atoms with Crippen LogP contribution < -0.4 is 10.6 Å². The first-order valence-corrected chi connectivity index (χ1v) is 10.6. The Kier molecular flexibility index (Phi) is 8.65. The van der Waals surface area contributed by atoms with E-state index in [0.717, 1.165) is 28.7 Å². The van der Waals surface area contributed by atoms with Crippen molar-refractivity contribution in [1.29, 1.82) is 0 Å². The van der Waals surface area contributed by atoms with E-state index in [0.29, 0.717) is 18.1 Å². The molecular weight excluding hydrogens is 366 g/mol. The Balaban J connectivity index is 1.88. The molecule has 0 saturated heterocycles. The summed E-state index contributed by atoms with van der Waals surface area (Å²) in [6, 6.07) is 17.7. The minimum atomic E-state index is -0.923. The second-order valence-electron chi connectivity index (χ2n) is 5.96. The lowest BCUT2D eigenvalue weighted by Crippen LogP contribution is -2.39. The first kappa shape index (κ1) is 20.5. The fourth-order valence-electron chi connectivity index (χ4n) is 2.48. The predicted octanol–water partition coefficient (Wildman–Crippen LogP) is 3.91. The fraction of sp³-hybridized carbons (Fsp3) is 0.350. The Hall–Kier alpha value is -1.85. The fourth-order valence-corrected chi connectivity index (χ4v) is 3.68. The first-order chi connectivity index (χ1) is 12.6. The zero-order valence-electron chi connectivity index (χ0n) is 15.2. The molecule has 0 aliphatic rings. The third kappa shape index (κ3) is 7.18. The molecule has 2 unspecified atom stereocenters. The van der Waals surface area contributed by atoms with Crippen molar-refractivity contribution in [3.63, 3.8) is 0 Å². The molecule has 0 saturated carbocycles. The van der Waals surface area contributed by atoms with E-state index in [-0.39, 0.29) is 6.04 Å². The number of nitrogens with zero attached hydrogens (tertiary/aromatic N) is 1. The monoisotopic (exact) mass is 391 g/mol. The third-order valence-electron chi connectivity index (χ3n) is 3.81. The smallest absolute Gasteiger partial charge is 0.191 e. The molecule has 2 aromatic carbocycles. The molecule has 0 radical (unpaired) electrons. The van der Waals surface area contributed by atoms with Gasteiger partial charge < -0.3 is 10.6 Å². The molecule has 0 amide bonds. The third-order valence-corrected chi connectivity index (χ3v) is 5.33. The van der Waals surface area contributed by atoms with E-state index in [2.05, 4.69) is 22.5 Å². The van der Waals surface area contributed by atoms with E-state index in [1.54, 1.807) is 0 Å². The topological polar surface area (TPSA) is 53.5 Å². The van der Waals surface area contributed by atoms with Gasteiger partial charge in [0.2, 0.25) is 0 Å². The number of benzene rings is 2. The summed E-state index contributed by atoms with van der Waals surface area (Å²) in [5.74, 6) is 1.83. The summed E-state index contributed by atoms with van der Waals surface area (Å²) in [6.45, 7) is 5.36. The van der Waals surface area contributed by atoms with Crippen LogP contribution in [0, 0.1) is 0 Å². The van der Waals surface area contributed by atoms with Crippen molar-refractivity contribution in [2.75, 3.05) is 18.8 Å². The summed E-state index contributed by atoms with van der Waals surface area (Å²) in [5, 5.41) is 7.31. The molecule has 0 aromatic heterocycles. The molecule has 140 valence electrons. The highest BCUT2D eigenvalue weighted by molar-refractivity contribution is 7.84. The van der Waals surface area contributed by atoms with Crippen molar-refractivity contribution in [1.82, 2.24) is 10.6 Å². The van der Waals surface area contributed by atoms with Gasteiger partial charge in [0.25, 0.3) is 0 Å². The maximum atomic E-state index is 12.2. The van der Waals surface area contributed by atoms with Gasteiger partial charge in [0, 0.05) is 33.9 Å². The highest BCUT2D eigenvalue weighted by Crippen LogP contribution is 2.17. The van der Waals surface area contributed by atoms with Gasteiger partial charge in [0.05, 0.1) is 12.6 Å². The van der Waals surface area contributed by atoms with Crippen LogP contribution >= 0.6 is 11.6 Å². The Morgan fingerprint density at radius 3 is 2.65 bits per heavy atom. The van der Waals surface area contributed by atoms with Gasteiger partial charge in [-0.2, -0.15) is 0 Å². The molecule has 0 spiro atoms.